The molecule has 0 fully saturated rings. The number of benzene rings is 2. The van der Waals surface area contributed by atoms with Crippen molar-refractivity contribution < 1.29 is 19.4 Å². The van der Waals surface area contributed by atoms with E-state index in [0.717, 1.165) is 0 Å². The molecule has 0 atom stereocenters. The zero-order chi connectivity index (χ0) is 15.1. The van der Waals surface area contributed by atoms with E-state index in [1.54, 1.807) is 48.5 Å². The minimum atomic E-state index is -0.886. The molecule has 21 heavy (non-hydrogen) atoms. The Bertz CT molecular complexity index is 595. The van der Waals surface area contributed by atoms with Gasteiger partial charge in [-0.2, -0.15) is 0 Å². The molecule has 0 radical (unpaired) electrons. The number of aliphatic carboxylic acids is 1. The summed E-state index contributed by atoms with van der Waals surface area (Å²) in [5, 5.41) is 9.50. The van der Waals surface area contributed by atoms with Crippen LogP contribution >= 0.6 is 11.6 Å². The van der Waals surface area contributed by atoms with Crippen molar-refractivity contribution in [1.29, 1.82) is 0 Å². The number of rotatable bonds is 7. The van der Waals surface area contributed by atoms with E-state index in [2.05, 4.69) is 0 Å². The Hall–Kier alpha value is -2.20. The summed E-state index contributed by atoms with van der Waals surface area (Å²) in [6.07, 6.45) is -0.0613. The zero-order valence-electron chi connectivity index (χ0n) is 11.3. The van der Waals surface area contributed by atoms with E-state index < -0.39 is 5.97 Å². The van der Waals surface area contributed by atoms with Crippen LogP contribution in [0, 0.1) is 0 Å². The molecule has 1 N–H and O–H groups in total. The molecule has 0 saturated heterocycles. The van der Waals surface area contributed by atoms with Gasteiger partial charge in [0.05, 0.1) is 6.42 Å². The van der Waals surface area contributed by atoms with Crippen molar-refractivity contribution in [1.82, 2.24) is 0 Å². The number of ether oxygens (including phenoxy) is 2. The topological polar surface area (TPSA) is 55.8 Å². The van der Waals surface area contributed by atoms with Gasteiger partial charge in [-0.1, -0.05) is 29.8 Å². The molecule has 5 heteroatoms. The summed E-state index contributed by atoms with van der Waals surface area (Å²) in [6.45, 7) is 0.697. The monoisotopic (exact) mass is 306 g/mol. The fraction of sp³-hybridized carbons (Fsp3) is 0.188. The van der Waals surface area contributed by atoms with Crippen molar-refractivity contribution in [2.24, 2.45) is 0 Å². The van der Waals surface area contributed by atoms with E-state index in [1.807, 2.05) is 0 Å². The number of hydrogen-bond acceptors (Lipinski definition) is 3. The average molecular weight is 307 g/mol. The molecule has 0 spiro atoms. The number of hydrogen-bond donors (Lipinski definition) is 1. The van der Waals surface area contributed by atoms with Crippen LogP contribution in [0.2, 0.25) is 5.02 Å². The number of carbonyl (C=O) groups is 1. The highest BCUT2D eigenvalue weighted by Crippen LogP contribution is 2.19. The highest BCUT2D eigenvalue weighted by molar-refractivity contribution is 6.30. The maximum Gasteiger partial charge on any atom is 0.307 e. The Kier molecular flexibility index (Phi) is 5.46. The molecular weight excluding hydrogens is 292 g/mol. The number of carboxylic acid groups (broad SMARTS) is 1. The lowest BCUT2D eigenvalue weighted by atomic mass is 10.1. The molecule has 0 saturated carbocycles. The van der Waals surface area contributed by atoms with E-state index in [1.165, 1.54) is 0 Å². The number of halogens is 1. The van der Waals surface area contributed by atoms with Crippen molar-refractivity contribution in [2.75, 3.05) is 13.2 Å². The van der Waals surface area contributed by atoms with E-state index in [9.17, 15) is 4.79 Å². The van der Waals surface area contributed by atoms with Crippen LogP contribution in [-0.4, -0.2) is 24.3 Å². The lowest BCUT2D eigenvalue weighted by molar-refractivity contribution is -0.136. The molecule has 2 aromatic rings. The molecule has 2 aromatic carbocycles. The maximum atomic E-state index is 10.8. The third-order valence-electron chi connectivity index (χ3n) is 2.74. The molecule has 4 nitrogen and oxygen atoms in total. The number of para-hydroxylation sites is 1. The summed E-state index contributed by atoms with van der Waals surface area (Å²) in [7, 11) is 0. The lowest BCUT2D eigenvalue weighted by Crippen LogP contribution is -2.11. The van der Waals surface area contributed by atoms with E-state index >= 15 is 0 Å². The molecule has 0 aromatic heterocycles. The van der Waals surface area contributed by atoms with Crippen LogP contribution < -0.4 is 9.47 Å². The van der Waals surface area contributed by atoms with Crippen molar-refractivity contribution in [3.63, 3.8) is 0 Å². The Morgan fingerprint density at radius 1 is 1.00 bits per heavy atom. The second kappa shape index (κ2) is 7.55. The molecular formula is C16H15ClO4. The fourth-order valence-electron chi connectivity index (χ4n) is 1.80. The first-order valence-corrected chi connectivity index (χ1v) is 6.84. The Labute approximate surface area is 127 Å². The first kappa shape index (κ1) is 15.2. The molecule has 0 bridgehead atoms. The second-order valence-electron chi connectivity index (χ2n) is 4.33. The third kappa shape index (κ3) is 5.00. The third-order valence-corrected chi connectivity index (χ3v) is 2.99. The van der Waals surface area contributed by atoms with Crippen LogP contribution in [0.1, 0.15) is 5.56 Å². The van der Waals surface area contributed by atoms with Gasteiger partial charge in [0.1, 0.15) is 24.7 Å². The largest absolute Gasteiger partial charge is 0.490 e. The minimum Gasteiger partial charge on any atom is -0.490 e. The van der Waals surface area contributed by atoms with Crippen molar-refractivity contribution in [3.8, 4) is 11.5 Å². The summed E-state index contributed by atoms with van der Waals surface area (Å²) in [6, 6.07) is 14.1. The van der Waals surface area contributed by atoms with Gasteiger partial charge in [-0.05, 0) is 30.3 Å². The smallest absolute Gasteiger partial charge is 0.307 e. The first-order chi connectivity index (χ1) is 10.1. The molecule has 0 aliphatic carbocycles. The van der Waals surface area contributed by atoms with Crippen LogP contribution in [0.4, 0.5) is 0 Å². The van der Waals surface area contributed by atoms with E-state index in [0.29, 0.717) is 35.3 Å². The second-order valence-corrected chi connectivity index (χ2v) is 4.77. The van der Waals surface area contributed by atoms with Crippen molar-refractivity contribution in [3.05, 3.63) is 59.1 Å². The molecule has 0 unspecified atom stereocenters. The normalized spacial score (nSPS) is 10.1. The van der Waals surface area contributed by atoms with Crippen LogP contribution in [0.3, 0.4) is 0 Å². The van der Waals surface area contributed by atoms with Gasteiger partial charge in [0.25, 0.3) is 0 Å². The van der Waals surface area contributed by atoms with Crippen LogP contribution in [-0.2, 0) is 11.2 Å². The lowest BCUT2D eigenvalue weighted by Gasteiger charge is -2.11. The van der Waals surface area contributed by atoms with Crippen molar-refractivity contribution in [2.45, 2.75) is 6.42 Å². The quantitative estimate of drug-likeness (QED) is 0.796. The average Bonchev–Trinajstić information content (AvgIpc) is 2.46. The predicted octanol–water partition coefficient (Wildman–Crippen LogP) is 3.42. The summed E-state index contributed by atoms with van der Waals surface area (Å²) >= 11 is 5.78. The summed E-state index contributed by atoms with van der Waals surface area (Å²) in [5.74, 6) is 0.393. The molecule has 110 valence electrons. The van der Waals surface area contributed by atoms with Gasteiger partial charge in [-0.25, -0.2) is 0 Å². The zero-order valence-corrected chi connectivity index (χ0v) is 12.0. The Balaban J connectivity index is 1.83. The van der Waals surface area contributed by atoms with Gasteiger partial charge < -0.3 is 14.6 Å². The predicted molar refractivity (Wildman–Crippen MR) is 80.2 cm³/mol. The van der Waals surface area contributed by atoms with Gasteiger partial charge in [0, 0.05) is 10.6 Å². The highest BCUT2D eigenvalue weighted by Gasteiger charge is 2.07. The van der Waals surface area contributed by atoms with Crippen LogP contribution in [0.5, 0.6) is 11.5 Å². The van der Waals surface area contributed by atoms with Crippen LogP contribution in [0.25, 0.3) is 0 Å². The van der Waals surface area contributed by atoms with Gasteiger partial charge in [0.2, 0.25) is 0 Å². The summed E-state index contributed by atoms with van der Waals surface area (Å²) in [4.78, 5) is 10.8. The molecule has 2 rings (SSSR count). The summed E-state index contributed by atoms with van der Waals surface area (Å²) in [5.41, 5.74) is 0.650. The SMILES string of the molecule is O=C(O)Cc1ccccc1OCCOc1ccc(Cl)cc1. The molecule has 0 aliphatic heterocycles. The van der Waals surface area contributed by atoms with E-state index in [-0.39, 0.29) is 6.42 Å². The van der Waals surface area contributed by atoms with Crippen LogP contribution in [0.15, 0.2) is 48.5 Å². The minimum absolute atomic E-state index is 0.0613. The highest BCUT2D eigenvalue weighted by atomic mass is 35.5. The standard InChI is InChI=1S/C16H15ClO4/c17-13-5-7-14(8-6-13)20-9-10-21-15-4-2-1-3-12(15)11-16(18)19/h1-8H,9-11H2,(H,18,19). The van der Waals surface area contributed by atoms with Gasteiger partial charge >= 0.3 is 5.97 Å². The van der Waals surface area contributed by atoms with E-state index in [4.69, 9.17) is 26.2 Å². The molecule has 0 amide bonds. The van der Waals surface area contributed by atoms with Gasteiger partial charge in [-0.15, -0.1) is 0 Å². The summed E-state index contributed by atoms with van der Waals surface area (Å²) < 4.78 is 11.1. The van der Waals surface area contributed by atoms with Gasteiger partial charge in [0.15, 0.2) is 0 Å². The van der Waals surface area contributed by atoms with Crippen molar-refractivity contribution >= 4 is 17.6 Å². The number of carboxylic acids is 1. The molecule has 0 heterocycles. The fourth-order valence-corrected chi connectivity index (χ4v) is 1.92. The Morgan fingerprint density at radius 3 is 2.38 bits per heavy atom. The molecule has 0 aliphatic rings. The maximum absolute atomic E-state index is 10.8. The Morgan fingerprint density at radius 2 is 1.67 bits per heavy atom. The first-order valence-electron chi connectivity index (χ1n) is 6.46. The van der Waals surface area contributed by atoms with Gasteiger partial charge in [-0.3, -0.25) is 4.79 Å².